The summed E-state index contributed by atoms with van der Waals surface area (Å²) < 4.78 is 0. The Morgan fingerprint density at radius 3 is 2.50 bits per heavy atom. The second-order valence-electron chi connectivity index (χ2n) is 3.13. The average Bonchev–Trinajstić information content (AvgIpc) is 1.56. The van der Waals surface area contributed by atoms with Gasteiger partial charge in [0.05, 0.1) is 5.92 Å². The van der Waals surface area contributed by atoms with E-state index in [1.165, 1.54) is 0 Å². The van der Waals surface area contributed by atoms with Gasteiger partial charge >= 0.3 is 5.97 Å². The number of hydrogen-bond donors (Lipinski definition) is 2. The van der Waals surface area contributed by atoms with Crippen molar-refractivity contribution >= 4 is 5.97 Å². The Labute approximate surface area is 60.2 Å². The molecule has 3 N–H and O–H groups in total. The quantitative estimate of drug-likeness (QED) is 0.589. The Bertz CT molecular complexity index is 139. The zero-order chi connectivity index (χ0) is 7.72. The number of carbonyl (C=O) groups is 1. The molecule has 0 heterocycles. The highest BCUT2D eigenvalue weighted by molar-refractivity contribution is 5.71. The number of carboxylic acids is 1. The first kappa shape index (κ1) is 7.54. The van der Waals surface area contributed by atoms with Crippen LogP contribution in [0, 0.1) is 11.8 Å². The molecule has 3 nitrogen and oxygen atoms in total. The summed E-state index contributed by atoms with van der Waals surface area (Å²) >= 11 is 0. The van der Waals surface area contributed by atoms with Crippen LogP contribution in [0.5, 0.6) is 0 Å². The third-order valence-electron chi connectivity index (χ3n) is 2.27. The van der Waals surface area contributed by atoms with E-state index < -0.39 is 5.97 Å². The lowest BCUT2D eigenvalue weighted by molar-refractivity contribution is -0.146. The van der Waals surface area contributed by atoms with E-state index in [-0.39, 0.29) is 12.0 Å². The standard InChI is InChI=1S/C7H13NO2/c1-4(8)5-2-6(3-5)7(9)10/h4-6H,2-3,8H2,1H3,(H,9,10). The van der Waals surface area contributed by atoms with Crippen LogP contribution in [0.4, 0.5) is 0 Å². The molecule has 0 amide bonds. The van der Waals surface area contributed by atoms with Crippen molar-refractivity contribution in [3.63, 3.8) is 0 Å². The summed E-state index contributed by atoms with van der Waals surface area (Å²) in [5.74, 6) is -0.339. The summed E-state index contributed by atoms with van der Waals surface area (Å²) in [6, 6.07) is 0.163. The molecule has 0 radical (unpaired) electrons. The van der Waals surface area contributed by atoms with Gasteiger partial charge in [-0.05, 0) is 25.7 Å². The summed E-state index contributed by atoms with van der Waals surface area (Å²) in [5.41, 5.74) is 5.57. The van der Waals surface area contributed by atoms with Gasteiger partial charge in [-0.3, -0.25) is 4.79 Å². The van der Waals surface area contributed by atoms with Crippen LogP contribution in [0.2, 0.25) is 0 Å². The van der Waals surface area contributed by atoms with E-state index in [2.05, 4.69) is 0 Å². The molecule has 0 aromatic heterocycles. The van der Waals surface area contributed by atoms with Crippen LogP contribution in [0.15, 0.2) is 0 Å². The maximum absolute atomic E-state index is 10.3. The Hall–Kier alpha value is -0.570. The molecule has 3 heteroatoms. The second kappa shape index (κ2) is 2.58. The van der Waals surface area contributed by atoms with Gasteiger partial charge in [0.15, 0.2) is 0 Å². The van der Waals surface area contributed by atoms with Crippen LogP contribution >= 0.6 is 0 Å². The van der Waals surface area contributed by atoms with E-state index >= 15 is 0 Å². The zero-order valence-electron chi connectivity index (χ0n) is 6.08. The highest BCUT2D eigenvalue weighted by Crippen LogP contribution is 2.35. The van der Waals surface area contributed by atoms with Crippen molar-refractivity contribution in [2.75, 3.05) is 0 Å². The van der Waals surface area contributed by atoms with Crippen LogP contribution in [0.3, 0.4) is 0 Å². The van der Waals surface area contributed by atoms with E-state index in [4.69, 9.17) is 10.8 Å². The molecule has 1 saturated carbocycles. The molecule has 58 valence electrons. The van der Waals surface area contributed by atoms with Crippen LogP contribution in [-0.4, -0.2) is 17.1 Å². The monoisotopic (exact) mass is 143 g/mol. The Balaban J connectivity index is 2.24. The summed E-state index contributed by atoms with van der Waals surface area (Å²) in [4.78, 5) is 10.3. The van der Waals surface area contributed by atoms with E-state index in [1.54, 1.807) is 0 Å². The number of nitrogens with two attached hydrogens (primary N) is 1. The highest BCUT2D eigenvalue weighted by Gasteiger charge is 2.35. The number of rotatable bonds is 2. The first-order valence-electron chi connectivity index (χ1n) is 3.59. The molecule has 1 rings (SSSR count). The number of hydrogen-bond acceptors (Lipinski definition) is 2. The highest BCUT2D eigenvalue weighted by atomic mass is 16.4. The van der Waals surface area contributed by atoms with Crippen LogP contribution in [0.25, 0.3) is 0 Å². The SMILES string of the molecule is CC(N)C1CC(C(=O)O)C1. The maximum Gasteiger partial charge on any atom is 0.306 e. The minimum Gasteiger partial charge on any atom is -0.481 e. The molecule has 0 saturated heterocycles. The number of carboxylic acid groups (broad SMARTS) is 1. The second-order valence-corrected chi connectivity index (χ2v) is 3.13. The largest absolute Gasteiger partial charge is 0.481 e. The molecule has 0 aromatic carbocycles. The third-order valence-corrected chi connectivity index (χ3v) is 2.27. The van der Waals surface area contributed by atoms with Gasteiger partial charge in [0.1, 0.15) is 0 Å². The topological polar surface area (TPSA) is 63.3 Å². The van der Waals surface area contributed by atoms with E-state index in [9.17, 15) is 4.79 Å². The van der Waals surface area contributed by atoms with Gasteiger partial charge in [-0.25, -0.2) is 0 Å². The van der Waals surface area contributed by atoms with Gasteiger partial charge in [-0.2, -0.15) is 0 Å². The fourth-order valence-corrected chi connectivity index (χ4v) is 1.29. The van der Waals surface area contributed by atoms with E-state index in [1.807, 2.05) is 6.92 Å². The third kappa shape index (κ3) is 1.29. The molecule has 10 heavy (non-hydrogen) atoms. The van der Waals surface area contributed by atoms with Gasteiger partial charge in [-0.15, -0.1) is 0 Å². The predicted octanol–water partition coefficient (Wildman–Crippen LogP) is 0.444. The van der Waals surface area contributed by atoms with Gasteiger partial charge in [0.2, 0.25) is 0 Å². The minimum absolute atomic E-state index is 0.115. The summed E-state index contributed by atoms with van der Waals surface area (Å²) in [5, 5.41) is 8.49. The summed E-state index contributed by atoms with van der Waals surface area (Å²) in [7, 11) is 0. The van der Waals surface area contributed by atoms with Crippen molar-refractivity contribution in [1.29, 1.82) is 0 Å². The molecular formula is C7H13NO2. The predicted molar refractivity (Wildman–Crippen MR) is 37.5 cm³/mol. The molecule has 0 aliphatic heterocycles. The van der Waals surface area contributed by atoms with Crippen LogP contribution < -0.4 is 5.73 Å². The van der Waals surface area contributed by atoms with Crippen LogP contribution in [0.1, 0.15) is 19.8 Å². The molecule has 1 unspecified atom stereocenters. The average molecular weight is 143 g/mol. The lowest BCUT2D eigenvalue weighted by Gasteiger charge is -2.34. The lowest BCUT2D eigenvalue weighted by Crippen LogP contribution is -2.40. The van der Waals surface area contributed by atoms with Gasteiger partial charge in [0, 0.05) is 6.04 Å². The van der Waals surface area contributed by atoms with Crippen molar-refractivity contribution < 1.29 is 9.90 Å². The van der Waals surface area contributed by atoms with Crippen molar-refractivity contribution in [2.45, 2.75) is 25.8 Å². The Morgan fingerprint density at radius 2 is 2.20 bits per heavy atom. The molecular weight excluding hydrogens is 130 g/mol. The molecule has 0 aromatic rings. The fraction of sp³-hybridized carbons (Fsp3) is 0.857. The first-order valence-corrected chi connectivity index (χ1v) is 3.59. The molecule has 1 fully saturated rings. The first-order chi connectivity index (χ1) is 4.61. The van der Waals surface area contributed by atoms with Gasteiger partial charge < -0.3 is 10.8 Å². The minimum atomic E-state index is -0.670. The summed E-state index contributed by atoms with van der Waals surface area (Å²) in [6.45, 7) is 1.93. The summed E-state index contributed by atoms with van der Waals surface area (Å²) in [6.07, 6.45) is 1.54. The molecule has 1 atom stereocenters. The smallest absolute Gasteiger partial charge is 0.306 e. The molecule has 1 aliphatic carbocycles. The zero-order valence-corrected chi connectivity index (χ0v) is 6.08. The maximum atomic E-state index is 10.3. The Kier molecular flexibility index (Phi) is 1.94. The van der Waals surface area contributed by atoms with E-state index in [0.717, 1.165) is 12.8 Å². The lowest BCUT2D eigenvalue weighted by atomic mass is 9.72. The molecule has 1 aliphatic rings. The van der Waals surface area contributed by atoms with Crippen molar-refractivity contribution in [3.05, 3.63) is 0 Å². The van der Waals surface area contributed by atoms with E-state index in [0.29, 0.717) is 5.92 Å². The van der Waals surface area contributed by atoms with Gasteiger partial charge in [-0.1, -0.05) is 0 Å². The molecule has 0 bridgehead atoms. The Morgan fingerprint density at radius 1 is 1.70 bits per heavy atom. The van der Waals surface area contributed by atoms with Crippen molar-refractivity contribution in [2.24, 2.45) is 17.6 Å². The van der Waals surface area contributed by atoms with Gasteiger partial charge in [0.25, 0.3) is 0 Å². The fourth-order valence-electron chi connectivity index (χ4n) is 1.29. The van der Waals surface area contributed by atoms with Crippen molar-refractivity contribution in [1.82, 2.24) is 0 Å². The molecule has 0 spiro atoms. The van der Waals surface area contributed by atoms with Crippen molar-refractivity contribution in [3.8, 4) is 0 Å². The van der Waals surface area contributed by atoms with Crippen LogP contribution in [-0.2, 0) is 4.79 Å². The number of aliphatic carboxylic acids is 1. The normalized spacial score (nSPS) is 34.6.